The number of aryl methyl sites for hydroxylation is 2. The molecule has 26 heavy (non-hydrogen) atoms. The van der Waals surface area contributed by atoms with Crippen LogP contribution in [-0.2, 0) is 16.0 Å². The molecule has 2 atom stereocenters. The van der Waals surface area contributed by atoms with Crippen molar-refractivity contribution in [3.8, 4) is 5.75 Å². The van der Waals surface area contributed by atoms with E-state index in [1.165, 1.54) is 18.6 Å². The Morgan fingerprint density at radius 1 is 1.19 bits per heavy atom. The van der Waals surface area contributed by atoms with Gasteiger partial charge in [0, 0.05) is 0 Å². The van der Waals surface area contributed by atoms with Crippen molar-refractivity contribution in [2.24, 2.45) is 0 Å². The van der Waals surface area contributed by atoms with Gasteiger partial charge in [0.1, 0.15) is 11.3 Å². The number of hydrogen-bond acceptors (Lipinski definition) is 4. The Labute approximate surface area is 153 Å². The van der Waals surface area contributed by atoms with Gasteiger partial charge in [0.2, 0.25) is 0 Å². The quantitative estimate of drug-likeness (QED) is 0.826. The van der Waals surface area contributed by atoms with Crippen molar-refractivity contribution >= 4 is 11.9 Å². The Kier molecular flexibility index (Phi) is 5.26. The molecule has 0 aromatic heterocycles. The minimum absolute atomic E-state index is 0.0627. The third-order valence-corrected chi connectivity index (χ3v) is 4.80. The first kappa shape index (κ1) is 18.0. The number of aromatic hydroxyl groups is 1. The van der Waals surface area contributed by atoms with Gasteiger partial charge in [-0.25, -0.2) is 4.79 Å². The van der Waals surface area contributed by atoms with E-state index in [9.17, 15) is 14.7 Å². The van der Waals surface area contributed by atoms with Crippen LogP contribution >= 0.6 is 0 Å². The van der Waals surface area contributed by atoms with Crippen LogP contribution in [0.4, 0.5) is 0 Å². The molecule has 0 saturated carbocycles. The molecular weight excluding hydrogens is 330 g/mol. The molecule has 0 bridgehead atoms. The smallest absolute Gasteiger partial charge is 0.342 e. The van der Waals surface area contributed by atoms with Crippen LogP contribution in [0.5, 0.6) is 5.75 Å². The number of esters is 1. The first-order valence-electron chi connectivity index (χ1n) is 8.85. The van der Waals surface area contributed by atoms with E-state index in [0.717, 1.165) is 24.8 Å². The Balaban J connectivity index is 1.65. The average molecular weight is 353 g/mol. The van der Waals surface area contributed by atoms with E-state index in [4.69, 9.17) is 4.74 Å². The van der Waals surface area contributed by atoms with Gasteiger partial charge in [-0.1, -0.05) is 36.4 Å². The van der Waals surface area contributed by atoms with Crippen LogP contribution in [0.1, 0.15) is 52.9 Å². The molecule has 136 valence electrons. The highest BCUT2D eigenvalue weighted by Crippen LogP contribution is 2.29. The van der Waals surface area contributed by atoms with Crippen molar-refractivity contribution in [3.05, 3.63) is 64.7 Å². The Morgan fingerprint density at radius 2 is 1.96 bits per heavy atom. The summed E-state index contributed by atoms with van der Waals surface area (Å²) >= 11 is 0. The number of fused-ring (bicyclic) bond motifs is 1. The van der Waals surface area contributed by atoms with Crippen molar-refractivity contribution in [2.45, 2.75) is 45.3 Å². The fourth-order valence-electron chi connectivity index (χ4n) is 3.29. The molecule has 0 heterocycles. The molecule has 0 aliphatic heterocycles. The van der Waals surface area contributed by atoms with Gasteiger partial charge in [-0.15, -0.1) is 0 Å². The van der Waals surface area contributed by atoms with Crippen LogP contribution < -0.4 is 5.32 Å². The second-order valence-electron chi connectivity index (χ2n) is 6.67. The fraction of sp³-hybridized carbons (Fsp3) is 0.333. The summed E-state index contributed by atoms with van der Waals surface area (Å²) in [7, 11) is 0. The summed E-state index contributed by atoms with van der Waals surface area (Å²) in [5, 5.41) is 13.0. The molecule has 0 unspecified atom stereocenters. The average Bonchev–Trinajstić information content (AvgIpc) is 2.64. The largest absolute Gasteiger partial charge is 0.507 e. The summed E-state index contributed by atoms with van der Waals surface area (Å²) < 4.78 is 5.25. The van der Waals surface area contributed by atoms with Crippen LogP contribution in [0.25, 0.3) is 0 Å². The van der Waals surface area contributed by atoms with Gasteiger partial charge in [0.05, 0.1) is 6.04 Å². The third kappa shape index (κ3) is 3.72. The maximum Gasteiger partial charge on any atom is 0.342 e. The van der Waals surface area contributed by atoms with Crippen LogP contribution in [0.15, 0.2) is 42.5 Å². The molecule has 1 aliphatic carbocycles. The van der Waals surface area contributed by atoms with Crippen molar-refractivity contribution in [1.82, 2.24) is 5.32 Å². The van der Waals surface area contributed by atoms with Gasteiger partial charge in [-0.05, 0) is 55.9 Å². The number of para-hydroxylation sites is 1. The minimum Gasteiger partial charge on any atom is -0.507 e. The number of carbonyl (C=O) groups is 2. The lowest BCUT2D eigenvalue weighted by atomic mass is 9.87. The predicted molar refractivity (Wildman–Crippen MR) is 98.0 cm³/mol. The highest BCUT2D eigenvalue weighted by Gasteiger charge is 2.26. The molecule has 0 saturated heterocycles. The van der Waals surface area contributed by atoms with E-state index in [1.807, 2.05) is 18.2 Å². The van der Waals surface area contributed by atoms with E-state index in [0.29, 0.717) is 5.56 Å². The Hall–Kier alpha value is -2.82. The van der Waals surface area contributed by atoms with Gasteiger partial charge in [-0.2, -0.15) is 0 Å². The number of rotatable bonds is 4. The fourth-order valence-corrected chi connectivity index (χ4v) is 3.29. The van der Waals surface area contributed by atoms with E-state index in [1.54, 1.807) is 19.1 Å². The summed E-state index contributed by atoms with van der Waals surface area (Å²) in [4.78, 5) is 24.7. The molecule has 0 radical (unpaired) electrons. The summed E-state index contributed by atoms with van der Waals surface area (Å²) in [5.41, 5.74) is 3.02. The molecule has 2 aromatic rings. The Bertz CT molecular complexity index is 831. The highest BCUT2D eigenvalue weighted by molar-refractivity contribution is 5.95. The lowest BCUT2D eigenvalue weighted by molar-refractivity contribution is -0.130. The summed E-state index contributed by atoms with van der Waals surface area (Å²) in [6, 6.07) is 12.8. The second-order valence-corrected chi connectivity index (χ2v) is 6.67. The number of hydrogen-bond donors (Lipinski definition) is 2. The maximum absolute atomic E-state index is 12.5. The minimum atomic E-state index is -0.948. The molecule has 1 aliphatic rings. The van der Waals surface area contributed by atoms with Gasteiger partial charge < -0.3 is 15.2 Å². The molecular formula is C21H23NO4. The molecule has 2 N–H and O–H groups in total. The highest BCUT2D eigenvalue weighted by atomic mass is 16.5. The zero-order valence-electron chi connectivity index (χ0n) is 15.0. The topological polar surface area (TPSA) is 75.6 Å². The maximum atomic E-state index is 12.5. The third-order valence-electron chi connectivity index (χ3n) is 4.80. The van der Waals surface area contributed by atoms with Crippen molar-refractivity contribution in [2.75, 3.05) is 0 Å². The zero-order valence-corrected chi connectivity index (χ0v) is 15.0. The number of phenols is 1. The molecule has 3 rings (SSSR count). The monoisotopic (exact) mass is 353 g/mol. The van der Waals surface area contributed by atoms with Crippen molar-refractivity contribution in [3.63, 3.8) is 0 Å². The number of benzene rings is 2. The standard InChI is InChI=1S/C21H23NO4/c1-13-7-5-11-17(19(13)23)21(25)26-14(2)20(24)22-18-12-6-9-15-8-3-4-10-16(15)18/h3-5,7-8,10-11,14,18,23H,6,9,12H2,1-2H3,(H,22,24)/t14-,18-/m0/s1. The van der Waals surface area contributed by atoms with Crippen molar-refractivity contribution in [1.29, 1.82) is 0 Å². The van der Waals surface area contributed by atoms with Crippen LogP contribution in [-0.4, -0.2) is 23.1 Å². The number of phenolic OH excluding ortho intramolecular Hbond substituents is 1. The van der Waals surface area contributed by atoms with E-state index < -0.39 is 12.1 Å². The first-order chi connectivity index (χ1) is 12.5. The number of carbonyl (C=O) groups excluding carboxylic acids is 2. The van der Waals surface area contributed by atoms with Crippen LogP contribution in [0.3, 0.4) is 0 Å². The van der Waals surface area contributed by atoms with Gasteiger partial charge in [0.25, 0.3) is 5.91 Å². The summed E-state index contributed by atoms with van der Waals surface area (Å²) in [6.45, 7) is 3.23. The summed E-state index contributed by atoms with van der Waals surface area (Å²) in [6.07, 6.45) is 1.94. The second kappa shape index (κ2) is 7.60. The van der Waals surface area contributed by atoms with Gasteiger partial charge in [-0.3, -0.25) is 4.79 Å². The summed E-state index contributed by atoms with van der Waals surface area (Å²) in [5.74, 6) is -1.17. The number of nitrogens with one attached hydrogen (secondary N) is 1. The normalized spacial score (nSPS) is 17.1. The zero-order chi connectivity index (χ0) is 18.7. The molecule has 1 amide bonds. The lowest BCUT2D eigenvalue weighted by Crippen LogP contribution is -2.39. The lowest BCUT2D eigenvalue weighted by Gasteiger charge is -2.27. The van der Waals surface area contributed by atoms with E-state index in [2.05, 4.69) is 11.4 Å². The van der Waals surface area contributed by atoms with E-state index in [-0.39, 0.29) is 23.3 Å². The van der Waals surface area contributed by atoms with Crippen LogP contribution in [0.2, 0.25) is 0 Å². The molecule has 2 aromatic carbocycles. The predicted octanol–water partition coefficient (Wildman–Crippen LogP) is 3.44. The van der Waals surface area contributed by atoms with Crippen molar-refractivity contribution < 1.29 is 19.4 Å². The molecule has 5 nitrogen and oxygen atoms in total. The molecule has 0 fully saturated rings. The van der Waals surface area contributed by atoms with Gasteiger partial charge >= 0.3 is 5.97 Å². The number of amides is 1. The first-order valence-corrected chi connectivity index (χ1v) is 8.85. The molecule has 5 heteroatoms. The van der Waals surface area contributed by atoms with Crippen LogP contribution in [0, 0.1) is 6.92 Å². The number of ether oxygens (including phenoxy) is 1. The Morgan fingerprint density at radius 3 is 2.77 bits per heavy atom. The molecule has 0 spiro atoms. The van der Waals surface area contributed by atoms with E-state index >= 15 is 0 Å². The SMILES string of the molecule is Cc1cccc(C(=O)O[C@@H](C)C(=O)N[C@H]2CCCc3ccccc32)c1O. The van der Waals surface area contributed by atoms with Gasteiger partial charge in [0.15, 0.2) is 6.10 Å².